The van der Waals surface area contributed by atoms with Crippen molar-refractivity contribution in [2.45, 2.75) is 13.3 Å². The molecule has 0 fully saturated rings. The summed E-state index contributed by atoms with van der Waals surface area (Å²) in [6.07, 6.45) is 2.66. The number of nitrogens with two attached hydrogens (primary N) is 1. The average molecular weight is 146 g/mol. The third-order valence-corrected chi connectivity index (χ3v) is 1.39. The van der Waals surface area contributed by atoms with E-state index in [1.165, 1.54) is 0 Å². The van der Waals surface area contributed by atoms with Crippen molar-refractivity contribution in [1.82, 2.24) is 0 Å². The summed E-state index contributed by atoms with van der Waals surface area (Å²) in [5.74, 6) is 0.419. The van der Waals surface area contributed by atoms with Crippen LogP contribution in [0.4, 0.5) is 0 Å². The van der Waals surface area contributed by atoms with Gasteiger partial charge in [-0.1, -0.05) is 6.92 Å². The summed E-state index contributed by atoms with van der Waals surface area (Å²) < 4.78 is 0. The first-order valence-electron chi connectivity index (χ1n) is 2.90. The van der Waals surface area contributed by atoms with Crippen molar-refractivity contribution in [1.29, 1.82) is 0 Å². The van der Waals surface area contributed by atoms with Gasteiger partial charge >= 0.3 is 0 Å². The SMILES string of the molecule is CC(C[CH]CS)C(N)=O. The number of amides is 1. The fraction of sp³-hybridized carbons (Fsp3) is 0.667. The molecule has 1 amide bonds. The van der Waals surface area contributed by atoms with Crippen molar-refractivity contribution in [3.8, 4) is 0 Å². The number of hydrogen-bond acceptors (Lipinski definition) is 2. The Morgan fingerprint density at radius 1 is 1.89 bits per heavy atom. The molecule has 1 radical (unpaired) electrons. The maximum atomic E-state index is 10.4. The van der Waals surface area contributed by atoms with Crippen LogP contribution in [0, 0.1) is 12.3 Å². The van der Waals surface area contributed by atoms with Crippen LogP contribution in [-0.4, -0.2) is 11.7 Å². The summed E-state index contributed by atoms with van der Waals surface area (Å²) >= 11 is 3.96. The Morgan fingerprint density at radius 3 is 2.78 bits per heavy atom. The van der Waals surface area contributed by atoms with Gasteiger partial charge in [-0.25, -0.2) is 0 Å². The number of primary amides is 1. The first-order valence-corrected chi connectivity index (χ1v) is 3.53. The van der Waals surface area contributed by atoms with Gasteiger partial charge in [0.1, 0.15) is 0 Å². The Kier molecular flexibility index (Phi) is 4.58. The normalized spacial score (nSPS) is 13.1. The van der Waals surface area contributed by atoms with Crippen molar-refractivity contribution in [2.75, 3.05) is 5.75 Å². The molecular formula is C6H12NOS. The van der Waals surface area contributed by atoms with Gasteiger partial charge in [0.15, 0.2) is 0 Å². The maximum absolute atomic E-state index is 10.4. The summed E-state index contributed by atoms with van der Waals surface area (Å²) in [5, 5.41) is 0. The van der Waals surface area contributed by atoms with Crippen LogP contribution >= 0.6 is 12.6 Å². The lowest BCUT2D eigenvalue weighted by Crippen LogP contribution is -2.20. The molecule has 0 aromatic rings. The van der Waals surface area contributed by atoms with Gasteiger partial charge in [-0.15, -0.1) is 0 Å². The van der Waals surface area contributed by atoms with Crippen LogP contribution in [0.3, 0.4) is 0 Å². The number of rotatable bonds is 4. The molecule has 0 heterocycles. The predicted octanol–water partition coefficient (Wildman–Crippen LogP) is 0.632. The van der Waals surface area contributed by atoms with Crippen LogP contribution in [0.1, 0.15) is 13.3 Å². The van der Waals surface area contributed by atoms with Crippen molar-refractivity contribution in [2.24, 2.45) is 11.7 Å². The topological polar surface area (TPSA) is 43.1 Å². The van der Waals surface area contributed by atoms with Crippen LogP contribution in [0.5, 0.6) is 0 Å². The third-order valence-electron chi connectivity index (χ3n) is 1.14. The zero-order valence-corrected chi connectivity index (χ0v) is 6.40. The van der Waals surface area contributed by atoms with E-state index in [4.69, 9.17) is 5.73 Å². The smallest absolute Gasteiger partial charge is 0.220 e. The lowest BCUT2D eigenvalue weighted by atomic mass is 10.1. The maximum Gasteiger partial charge on any atom is 0.220 e. The summed E-state index contributed by atoms with van der Waals surface area (Å²) in [7, 11) is 0. The molecule has 2 N–H and O–H groups in total. The minimum absolute atomic E-state index is 0.0443. The third kappa shape index (κ3) is 4.33. The highest BCUT2D eigenvalue weighted by Crippen LogP contribution is 2.03. The molecule has 0 aliphatic carbocycles. The van der Waals surface area contributed by atoms with Gasteiger partial charge in [-0.2, -0.15) is 12.6 Å². The van der Waals surface area contributed by atoms with Gasteiger partial charge in [-0.05, 0) is 18.6 Å². The Hall–Kier alpha value is -0.180. The van der Waals surface area contributed by atoms with Crippen LogP contribution in [0.25, 0.3) is 0 Å². The van der Waals surface area contributed by atoms with Crippen molar-refractivity contribution >= 4 is 18.5 Å². The van der Waals surface area contributed by atoms with Gasteiger partial charge in [-0.3, -0.25) is 4.79 Å². The highest BCUT2D eigenvalue weighted by Gasteiger charge is 2.06. The lowest BCUT2D eigenvalue weighted by molar-refractivity contribution is -0.121. The van der Waals surface area contributed by atoms with E-state index >= 15 is 0 Å². The largest absolute Gasteiger partial charge is 0.369 e. The number of thiol groups is 1. The first kappa shape index (κ1) is 8.82. The first-order chi connectivity index (χ1) is 4.18. The average Bonchev–Trinajstić information content (AvgIpc) is 1.82. The quantitative estimate of drug-likeness (QED) is 0.561. The zero-order valence-electron chi connectivity index (χ0n) is 5.50. The molecule has 0 rings (SSSR count). The van der Waals surface area contributed by atoms with E-state index in [0.717, 1.165) is 6.42 Å². The fourth-order valence-electron chi connectivity index (χ4n) is 0.441. The molecule has 0 aliphatic rings. The number of hydrogen-bond donors (Lipinski definition) is 2. The minimum Gasteiger partial charge on any atom is -0.369 e. The summed E-state index contributed by atoms with van der Waals surface area (Å²) in [5.41, 5.74) is 4.99. The molecule has 53 valence electrons. The number of carbonyl (C=O) groups is 1. The molecule has 9 heavy (non-hydrogen) atoms. The summed E-state index contributed by atoms with van der Waals surface area (Å²) in [6.45, 7) is 1.81. The standard InChI is InChI=1S/C6H12NOS/c1-5(6(7)8)3-2-4-9/h2,5,9H,3-4H2,1H3,(H2,7,8). The van der Waals surface area contributed by atoms with Crippen molar-refractivity contribution in [3.63, 3.8) is 0 Å². The summed E-state index contributed by atoms with van der Waals surface area (Å²) in [6, 6.07) is 0. The molecule has 0 aromatic heterocycles. The molecule has 1 unspecified atom stereocenters. The fourth-order valence-corrected chi connectivity index (χ4v) is 0.590. The van der Waals surface area contributed by atoms with Gasteiger partial charge in [0.25, 0.3) is 0 Å². The molecule has 0 aromatic carbocycles. The molecule has 2 nitrogen and oxygen atoms in total. The van der Waals surface area contributed by atoms with Crippen molar-refractivity contribution in [3.05, 3.63) is 6.42 Å². The van der Waals surface area contributed by atoms with E-state index in [-0.39, 0.29) is 11.8 Å². The molecular weight excluding hydrogens is 134 g/mol. The highest BCUT2D eigenvalue weighted by molar-refractivity contribution is 7.80. The van der Waals surface area contributed by atoms with Gasteiger partial charge < -0.3 is 5.73 Å². The summed E-state index contributed by atoms with van der Waals surface area (Å²) in [4.78, 5) is 10.4. The van der Waals surface area contributed by atoms with Crippen molar-refractivity contribution < 1.29 is 4.79 Å². The number of carbonyl (C=O) groups excluding carboxylic acids is 1. The Balaban J connectivity index is 3.27. The Morgan fingerprint density at radius 2 is 2.44 bits per heavy atom. The van der Waals surface area contributed by atoms with Crippen LogP contribution in [-0.2, 0) is 4.79 Å². The van der Waals surface area contributed by atoms with E-state index in [9.17, 15) is 4.79 Å². The molecule has 1 atom stereocenters. The second kappa shape index (κ2) is 4.68. The van der Waals surface area contributed by atoms with E-state index in [2.05, 4.69) is 12.6 Å². The second-order valence-electron chi connectivity index (χ2n) is 2.01. The molecule has 0 bridgehead atoms. The highest BCUT2D eigenvalue weighted by atomic mass is 32.1. The Labute approximate surface area is 61.2 Å². The monoisotopic (exact) mass is 146 g/mol. The van der Waals surface area contributed by atoms with Gasteiger partial charge in [0.2, 0.25) is 5.91 Å². The molecule has 3 heteroatoms. The van der Waals surface area contributed by atoms with Crippen LogP contribution in [0.2, 0.25) is 0 Å². The van der Waals surface area contributed by atoms with Gasteiger partial charge in [0.05, 0.1) is 0 Å². The molecule has 0 aliphatic heterocycles. The zero-order chi connectivity index (χ0) is 7.28. The molecule has 0 spiro atoms. The van der Waals surface area contributed by atoms with E-state index < -0.39 is 0 Å². The van der Waals surface area contributed by atoms with E-state index in [1.807, 2.05) is 13.3 Å². The van der Waals surface area contributed by atoms with E-state index in [0.29, 0.717) is 5.75 Å². The van der Waals surface area contributed by atoms with Crippen LogP contribution < -0.4 is 5.73 Å². The lowest BCUT2D eigenvalue weighted by Gasteiger charge is -2.02. The predicted molar refractivity (Wildman–Crippen MR) is 41.1 cm³/mol. The van der Waals surface area contributed by atoms with Gasteiger partial charge in [0, 0.05) is 5.92 Å². The van der Waals surface area contributed by atoms with Crippen LogP contribution in [0.15, 0.2) is 0 Å². The second-order valence-corrected chi connectivity index (χ2v) is 2.38. The van der Waals surface area contributed by atoms with E-state index in [1.54, 1.807) is 0 Å². The molecule has 0 saturated carbocycles. The Bertz CT molecular complexity index is 95.1. The minimum atomic E-state index is -0.243. The molecule has 0 saturated heterocycles.